The summed E-state index contributed by atoms with van der Waals surface area (Å²) in [6, 6.07) is 12.6. The number of rotatable bonds is 4. The summed E-state index contributed by atoms with van der Waals surface area (Å²) in [6.07, 6.45) is 6.47. The van der Waals surface area contributed by atoms with Gasteiger partial charge in [0.15, 0.2) is 11.6 Å². The maximum atomic E-state index is 4.27. The molecule has 5 aromatic heterocycles. The normalized spacial score (nSPS) is 11.0. The molecule has 0 amide bonds. The first-order chi connectivity index (χ1) is 13.4. The highest BCUT2D eigenvalue weighted by Gasteiger charge is 2.12. The lowest BCUT2D eigenvalue weighted by molar-refractivity contribution is 0.983. The zero-order valence-corrected chi connectivity index (χ0v) is 16.1. The van der Waals surface area contributed by atoms with Gasteiger partial charge in [0, 0.05) is 31.9 Å². The third-order valence-corrected chi connectivity index (χ3v) is 7.35. The summed E-state index contributed by atoms with van der Waals surface area (Å²) < 4.78 is 0. The topological polar surface area (TPSA) is 77.3 Å². The van der Waals surface area contributed by atoms with Gasteiger partial charge in [-0.15, -0.1) is 44.2 Å². The Bertz CT molecular complexity index is 1090. The minimum Gasteiger partial charge on any atom is -0.233 e. The molecule has 0 bridgehead atoms. The van der Waals surface area contributed by atoms with Gasteiger partial charge in [0.2, 0.25) is 0 Å². The number of nitrogens with zero attached hydrogens (tertiary/aromatic N) is 6. The Morgan fingerprint density at radius 2 is 0.815 bits per heavy atom. The van der Waals surface area contributed by atoms with E-state index in [1.807, 2.05) is 12.1 Å². The van der Waals surface area contributed by atoms with Crippen LogP contribution in [0.3, 0.4) is 0 Å². The van der Waals surface area contributed by atoms with E-state index in [0.29, 0.717) is 11.6 Å². The van der Waals surface area contributed by atoms with Crippen LogP contribution in [0.25, 0.3) is 40.9 Å². The van der Waals surface area contributed by atoms with Crippen molar-refractivity contribution in [3.05, 3.63) is 61.2 Å². The number of thiophene rings is 3. The van der Waals surface area contributed by atoms with E-state index < -0.39 is 0 Å². The summed E-state index contributed by atoms with van der Waals surface area (Å²) in [6.45, 7) is 0. The molecule has 0 aliphatic rings. The van der Waals surface area contributed by atoms with Crippen LogP contribution in [0.2, 0.25) is 0 Å². The lowest BCUT2D eigenvalue weighted by atomic mass is 10.3. The molecule has 0 spiro atoms. The van der Waals surface area contributed by atoms with Crippen LogP contribution in [0.5, 0.6) is 0 Å². The van der Waals surface area contributed by atoms with Gasteiger partial charge in [0.1, 0.15) is 0 Å². The van der Waals surface area contributed by atoms with Gasteiger partial charge >= 0.3 is 0 Å². The van der Waals surface area contributed by atoms with Gasteiger partial charge < -0.3 is 0 Å². The second-order valence-corrected chi connectivity index (χ2v) is 8.68. The largest absolute Gasteiger partial charge is 0.233 e. The summed E-state index contributed by atoms with van der Waals surface area (Å²) >= 11 is 5.10. The van der Waals surface area contributed by atoms with Crippen LogP contribution in [0.4, 0.5) is 0 Å². The van der Waals surface area contributed by atoms with Crippen molar-refractivity contribution < 1.29 is 0 Å². The molecule has 27 heavy (non-hydrogen) atoms. The first-order valence-electron chi connectivity index (χ1n) is 7.95. The fraction of sp³-hybridized carbons (Fsp3) is 0. The fourth-order valence-corrected chi connectivity index (χ4v) is 5.58. The Hall–Kier alpha value is -2.88. The van der Waals surface area contributed by atoms with Gasteiger partial charge in [0.05, 0.1) is 22.1 Å². The molecular weight excluding hydrogens is 396 g/mol. The first-order valence-corrected chi connectivity index (χ1v) is 10.4. The molecular formula is C18H10N6S3. The van der Waals surface area contributed by atoms with Crippen LogP contribution in [0.15, 0.2) is 61.2 Å². The molecule has 9 heteroatoms. The Kier molecular flexibility index (Phi) is 4.24. The molecule has 5 heterocycles. The van der Waals surface area contributed by atoms with E-state index in [0.717, 1.165) is 9.75 Å². The smallest absolute Gasteiger partial charge is 0.191 e. The Morgan fingerprint density at radius 3 is 1.19 bits per heavy atom. The lowest BCUT2D eigenvalue weighted by Gasteiger charge is -1.93. The number of hydrogen-bond donors (Lipinski definition) is 0. The minimum absolute atomic E-state index is 0.657. The highest BCUT2D eigenvalue weighted by molar-refractivity contribution is 7.27. The molecule has 5 aromatic rings. The number of hydrogen-bond acceptors (Lipinski definition) is 9. The summed E-state index contributed by atoms with van der Waals surface area (Å²) in [5, 5.41) is 16.0. The molecule has 0 saturated heterocycles. The van der Waals surface area contributed by atoms with E-state index in [9.17, 15) is 0 Å². The van der Waals surface area contributed by atoms with Gasteiger partial charge in [-0.3, -0.25) is 0 Å². The third kappa shape index (κ3) is 3.27. The van der Waals surface area contributed by atoms with E-state index in [4.69, 9.17) is 0 Å². The van der Waals surface area contributed by atoms with E-state index in [1.165, 1.54) is 19.5 Å². The summed E-state index contributed by atoms with van der Waals surface area (Å²) in [5.74, 6) is 1.31. The lowest BCUT2D eigenvalue weighted by Crippen LogP contribution is -1.86. The van der Waals surface area contributed by atoms with Crippen LogP contribution >= 0.6 is 34.0 Å². The maximum absolute atomic E-state index is 4.27. The van der Waals surface area contributed by atoms with Crippen molar-refractivity contribution in [1.29, 1.82) is 0 Å². The molecule has 0 atom stereocenters. The highest BCUT2D eigenvalue weighted by atomic mass is 32.1. The highest BCUT2D eigenvalue weighted by Crippen LogP contribution is 2.42. The SMILES string of the molecule is c1cnc(-c2ccc(-c3ccc(-c4ccc(-c5nccnn5)s4)s3)s2)nn1. The van der Waals surface area contributed by atoms with Crippen molar-refractivity contribution in [2.24, 2.45) is 0 Å². The standard InChI is InChI=1S/C18H10N6S3/c1-2-12(14-4-6-16(27-14)18-20-8-10-22-24-18)25-11(1)13-3-5-15(26-13)17-19-7-9-21-23-17/h1-10H. The monoisotopic (exact) mass is 406 g/mol. The Labute approximate surface area is 166 Å². The Balaban J connectivity index is 1.42. The molecule has 0 aromatic carbocycles. The van der Waals surface area contributed by atoms with Crippen molar-refractivity contribution in [2.75, 3.05) is 0 Å². The molecule has 130 valence electrons. The van der Waals surface area contributed by atoms with Crippen LogP contribution in [0.1, 0.15) is 0 Å². The van der Waals surface area contributed by atoms with Gasteiger partial charge in [-0.1, -0.05) is 0 Å². The van der Waals surface area contributed by atoms with Crippen molar-refractivity contribution in [1.82, 2.24) is 30.4 Å². The molecule has 0 radical (unpaired) electrons. The van der Waals surface area contributed by atoms with E-state index in [1.54, 1.807) is 58.8 Å². The van der Waals surface area contributed by atoms with Crippen molar-refractivity contribution in [3.8, 4) is 40.9 Å². The second kappa shape index (κ2) is 7.03. The molecule has 0 unspecified atom stereocenters. The zero-order chi connectivity index (χ0) is 18.1. The second-order valence-electron chi connectivity index (χ2n) is 5.42. The summed E-state index contributed by atoms with van der Waals surface area (Å²) in [5.41, 5.74) is 0. The van der Waals surface area contributed by atoms with E-state index >= 15 is 0 Å². The van der Waals surface area contributed by atoms with Crippen LogP contribution in [-0.4, -0.2) is 30.4 Å². The van der Waals surface area contributed by atoms with E-state index in [2.05, 4.69) is 54.6 Å². The quantitative estimate of drug-likeness (QED) is 0.422. The van der Waals surface area contributed by atoms with Gasteiger partial charge in [-0.05, 0) is 36.4 Å². The van der Waals surface area contributed by atoms with Gasteiger partial charge in [0.25, 0.3) is 0 Å². The number of aromatic nitrogens is 6. The summed E-state index contributed by atoms with van der Waals surface area (Å²) in [7, 11) is 0. The first kappa shape index (κ1) is 16.3. The molecule has 0 saturated carbocycles. The molecule has 5 rings (SSSR count). The zero-order valence-electron chi connectivity index (χ0n) is 13.7. The third-order valence-electron chi connectivity index (χ3n) is 3.71. The van der Waals surface area contributed by atoms with Crippen molar-refractivity contribution in [3.63, 3.8) is 0 Å². The Morgan fingerprint density at radius 1 is 0.444 bits per heavy atom. The molecule has 0 aliphatic heterocycles. The van der Waals surface area contributed by atoms with Crippen LogP contribution in [0, 0.1) is 0 Å². The molecule has 0 aliphatic carbocycles. The van der Waals surface area contributed by atoms with Crippen LogP contribution < -0.4 is 0 Å². The van der Waals surface area contributed by atoms with Crippen molar-refractivity contribution >= 4 is 34.0 Å². The minimum atomic E-state index is 0.657. The van der Waals surface area contributed by atoms with Gasteiger partial charge in [-0.2, -0.15) is 10.2 Å². The fourth-order valence-electron chi connectivity index (χ4n) is 2.50. The van der Waals surface area contributed by atoms with Gasteiger partial charge in [-0.25, -0.2) is 9.97 Å². The predicted octanol–water partition coefficient (Wildman–Crippen LogP) is 4.91. The molecule has 0 N–H and O–H groups in total. The maximum Gasteiger partial charge on any atom is 0.191 e. The summed E-state index contributed by atoms with van der Waals surface area (Å²) in [4.78, 5) is 15.4. The van der Waals surface area contributed by atoms with E-state index in [-0.39, 0.29) is 0 Å². The molecule has 0 fully saturated rings. The average molecular weight is 407 g/mol. The van der Waals surface area contributed by atoms with Crippen molar-refractivity contribution in [2.45, 2.75) is 0 Å². The predicted molar refractivity (Wildman–Crippen MR) is 109 cm³/mol. The van der Waals surface area contributed by atoms with Crippen LogP contribution in [-0.2, 0) is 0 Å². The average Bonchev–Trinajstić information content (AvgIpc) is 3.49. The molecule has 6 nitrogen and oxygen atoms in total.